The Labute approximate surface area is 194 Å². The molecule has 4 aromatic carbocycles. The van der Waals surface area contributed by atoms with Crippen LogP contribution in [0.4, 0.5) is 0 Å². The van der Waals surface area contributed by atoms with Crippen LogP contribution in [0.3, 0.4) is 0 Å². The van der Waals surface area contributed by atoms with E-state index in [1.807, 2.05) is 42.6 Å². The Hall–Kier alpha value is -3.99. The van der Waals surface area contributed by atoms with Gasteiger partial charge < -0.3 is 19.6 Å². The molecule has 0 atom stereocenters. The van der Waals surface area contributed by atoms with Crippen molar-refractivity contribution in [3.63, 3.8) is 0 Å². The Kier molecular flexibility index (Phi) is 7.10. The van der Waals surface area contributed by atoms with Crippen molar-refractivity contribution in [2.24, 2.45) is 5.10 Å². The first-order chi connectivity index (χ1) is 16.2. The van der Waals surface area contributed by atoms with Gasteiger partial charge in [-0.15, -0.1) is 0 Å². The second-order valence-electron chi connectivity index (χ2n) is 7.76. The Morgan fingerprint density at radius 1 is 0.788 bits per heavy atom. The van der Waals surface area contributed by atoms with E-state index in [0.29, 0.717) is 24.7 Å². The molecule has 0 saturated heterocycles. The molecule has 4 aromatic rings. The molecule has 168 valence electrons. The molecule has 0 amide bonds. The molecule has 0 radical (unpaired) electrons. The largest absolute Gasteiger partial charge is 0.493 e. The van der Waals surface area contributed by atoms with Gasteiger partial charge >= 0.3 is 0 Å². The molecule has 0 aliphatic heterocycles. The number of nitrogens with zero attached hydrogens (tertiary/aromatic N) is 1. The summed E-state index contributed by atoms with van der Waals surface area (Å²) in [4.78, 5) is 0. The Morgan fingerprint density at radius 2 is 1.52 bits per heavy atom. The first kappa shape index (κ1) is 22.2. The summed E-state index contributed by atoms with van der Waals surface area (Å²) in [6.07, 6.45) is 1.83. The minimum absolute atomic E-state index is 0.499. The van der Waals surface area contributed by atoms with E-state index in [4.69, 9.17) is 14.2 Å². The fourth-order valence-corrected chi connectivity index (χ4v) is 3.62. The molecule has 0 spiro atoms. The Morgan fingerprint density at radius 3 is 2.30 bits per heavy atom. The molecule has 33 heavy (non-hydrogen) atoms. The number of benzene rings is 4. The first-order valence-corrected chi connectivity index (χ1v) is 10.8. The topological polar surface area (TPSA) is 52.1 Å². The maximum absolute atomic E-state index is 6.19. The second-order valence-corrected chi connectivity index (χ2v) is 7.76. The van der Waals surface area contributed by atoms with E-state index >= 15 is 0 Å². The maximum Gasteiger partial charge on any atom is 0.161 e. The molecule has 4 rings (SSSR count). The second kappa shape index (κ2) is 10.6. The third-order valence-corrected chi connectivity index (χ3v) is 5.46. The number of hydrogen-bond donors (Lipinski definition) is 1. The molecular formula is C28H28N2O3. The molecule has 0 unspecified atom stereocenters. The van der Waals surface area contributed by atoms with E-state index in [-0.39, 0.29) is 0 Å². The van der Waals surface area contributed by atoms with Crippen molar-refractivity contribution in [2.45, 2.75) is 20.1 Å². The molecule has 0 aromatic heterocycles. The summed E-state index contributed by atoms with van der Waals surface area (Å²) in [6, 6.07) is 26.5. The highest BCUT2D eigenvalue weighted by molar-refractivity contribution is 6.02. The number of hydrazone groups is 1. The van der Waals surface area contributed by atoms with E-state index in [0.717, 1.165) is 33.2 Å². The highest BCUT2D eigenvalue weighted by Gasteiger charge is 2.08. The van der Waals surface area contributed by atoms with Crippen LogP contribution in [-0.4, -0.2) is 20.4 Å². The van der Waals surface area contributed by atoms with Crippen LogP contribution < -0.4 is 19.6 Å². The molecule has 1 N–H and O–H groups in total. The number of ether oxygens (including phenoxy) is 3. The molecule has 0 heterocycles. The zero-order chi connectivity index (χ0) is 23.0. The van der Waals surface area contributed by atoms with Crippen molar-refractivity contribution >= 4 is 17.0 Å². The van der Waals surface area contributed by atoms with E-state index in [2.05, 4.69) is 59.9 Å². The SMILES string of the molecule is COc1ccc(CN/N=C/c2c(OCc3ccc(C)cc3)ccc3ccccc23)cc1OC. The van der Waals surface area contributed by atoms with Gasteiger partial charge in [-0.05, 0) is 47.0 Å². The lowest BCUT2D eigenvalue weighted by molar-refractivity contribution is 0.306. The lowest BCUT2D eigenvalue weighted by Crippen LogP contribution is -2.07. The number of hydrogen-bond acceptors (Lipinski definition) is 5. The van der Waals surface area contributed by atoms with Crippen molar-refractivity contribution in [3.8, 4) is 17.2 Å². The smallest absolute Gasteiger partial charge is 0.161 e. The van der Waals surface area contributed by atoms with Crippen LogP contribution in [0.5, 0.6) is 17.2 Å². The molecule has 5 heteroatoms. The van der Waals surface area contributed by atoms with Gasteiger partial charge in [-0.1, -0.05) is 66.2 Å². The van der Waals surface area contributed by atoms with Crippen molar-refractivity contribution < 1.29 is 14.2 Å². The van der Waals surface area contributed by atoms with Crippen LogP contribution in [0.2, 0.25) is 0 Å². The van der Waals surface area contributed by atoms with E-state index in [9.17, 15) is 0 Å². The monoisotopic (exact) mass is 440 g/mol. The lowest BCUT2D eigenvalue weighted by Gasteiger charge is -2.12. The first-order valence-electron chi connectivity index (χ1n) is 10.8. The highest BCUT2D eigenvalue weighted by Crippen LogP contribution is 2.28. The number of methoxy groups -OCH3 is 2. The highest BCUT2D eigenvalue weighted by atomic mass is 16.5. The summed E-state index contributed by atoms with van der Waals surface area (Å²) in [5.41, 5.74) is 7.48. The van der Waals surface area contributed by atoms with Crippen molar-refractivity contribution in [1.29, 1.82) is 0 Å². The van der Waals surface area contributed by atoms with E-state index < -0.39 is 0 Å². The Balaban J connectivity index is 1.52. The van der Waals surface area contributed by atoms with Crippen molar-refractivity contribution in [1.82, 2.24) is 5.43 Å². The number of rotatable bonds is 9. The van der Waals surface area contributed by atoms with Crippen LogP contribution in [0, 0.1) is 6.92 Å². The lowest BCUT2D eigenvalue weighted by atomic mass is 10.0. The van der Waals surface area contributed by atoms with Crippen LogP contribution in [0.1, 0.15) is 22.3 Å². The van der Waals surface area contributed by atoms with Gasteiger partial charge in [0.1, 0.15) is 12.4 Å². The van der Waals surface area contributed by atoms with Gasteiger partial charge in [0.25, 0.3) is 0 Å². The molecular weight excluding hydrogens is 412 g/mol. The molecule has 5 nitrogen and oxygen atoms in total. The summed E-state index contributed by atoms with van der Waals surface area (Å²) in [6.45, 7) is 3.14. The van der Waals surface area contributed by atoms with Crippen LogP contribution in [0.15, 0.2) is 84.0 Å². The van der Waals surface area contributed by atoms with Crippen LogP contribution in [-0.2, 0) is 13.2 Å². The third kappa shape index (κ3) is 5.44. The van der Waals surface area contributed by atoms with Gasteiger partial charge in [0, 0.05) is 5.56 Å². The predicted octanol–water partition coefficient (Wildman–Crippen LogP) is 5.87. The summed E-state index contributed by atoms with van der Waals surface area (Å²) in [5, 5.41) is 6.72. The third-order valence-electron chi connectivity index (χ3n) is 5.46. The van der Waals surface area contributed by atoms with E-state index in [1.54, 1.807) is 14.2 Å². The fraction of sp³-hybridized carbons (Fsp3) is 0.179. The fourth-order valence-electron chi connectivity index (χ4n) is 3.62. The zero-order valence-corrected chi connectivity index (χ0v) is 19.2. The average Bonchev–Trinajstić information content (AvgIpc) is 2.86. The van der Waals surface area contributed by atoms with Gasteiger partial charge in [0.05, 0.1) is 27.0 Å². The summed E-state index contributed by atoms with van der Waals surface area (Å²) in [7, 11) is 3.26. The van der Waals surface area contributed by atoms with Gasteiger partial charge in [0.15, 0.2) is 11.5 Å². The average molecular weight is 441 g/mol. The maximum atomic E-state index is 6.19. The normalized spacial score (nSPS) is 11.0. The molecule has 0 saturated carbocycles. The van der Waals surface area contributed by atoms with Crippen LogP contribution >= 0.6 is 0 Å². The van der Waals surface area contributed by atoms with Gasteiger partial charge in [-0.2, -0.15) is 5.10 Å². The summed E-state index contributed by atoms with van der Waals surface area (Å²) >= 11 is 0. The standard InChI is InChI=1S/C28H28N2O3/c1-20-8-10-21(11-9-20)19-33-26-15-13-23-6-4-5-7-24(23)25(26)18-30-29-17-22-12-14-27(31-2)28(16-22)32-3/h4-16,18,29H,17,19H2,1-3H3/b30-18+. The number of nitrogens with one attached hydrogen (secondary N) is 1. The van der Waals surface area contributed by atoms with E-state index in [1.165, 1.54) is 5.56 Å². The molecule has 0 bridgehead atoms. The zero-order valence-electron chi connectivity index (χ0n) is 19.2. The number of aryl methyl sites for hydroxylation is 1. The predicted molar refractivity (Wildman–Crippen MR) is 133 cm³/mol. The minimum atomic E-state index is 0.499. The summed E-state index contributed by atoms with van der Waals surface area (Å²) in [5.74, 6) is 2.20. The van der Waals surface area contributed by atoms with Crippen molar-refractivity contribution in [2.75, 3.05) is 14.2 Å². The van der Waals surface area contributed by atoms with Gasteiger partial charge in [-0.25, -0.2) is 0 Å². The van der Waals surface area contributed by atoms with Gasteiger partial charge in [0.2, 0.25) is 0 Å². The Bertz CT molecular complexity index is 1250. The number of fused-ring (bicyclic) bond motifs is 1. The van der Waals surface area contributed by atoms with Gasteiger partial charge in [-0.3, -0.25) is 0 Å². The van der Waals surface area contributed by atoms with Crippen molar-refractivity contribution in [3.05, 3.63) is 101 Å². The molecule has 0 fully saturated rings. The quantitative estimate of drug-likeness (QED) is 0.261. The van der Waals surface area contributed by atoms with Crippen LogP contribution in [0.25, 0.3) is 10.8 Å². The molecule has 0 aliphatic rings. The summed E-state index contributed by atoms with van der Waals surface area (Å²) < 4.78 is 16.9. The minimum Gasteiger partial charge on any atom is -0.493 e. The molecule has 0 aliphatic carbocycles.